The molecule has 1 aromatic carbocycles. The molecule has 2 nitrogen and oxygen atoms in total. The molecule has 1 saturated carbocycles. The summed E-state index contributed by atoms with van der Waals surface area (Å²) in [6, 6.07) is 10.8. The van der Waals surface area contributed by atoms with Crippen LogP contribution in [0.1, 0.15) is 39.5 Å². The summed E-state index contributed by atoms with van der Waals surface area (Å²) >= 11 is 0. The van der Waals surface area contributed by atoms with Crippen LogP contribution in [0.4, 0.5) is 5.69 Å². The van der Waals surface area contributed by atoms with Crippen molar-refractivity contribution in [1.29, 1.82) is 0 Å². The summed E-state index contributed by atoms with van der Waals surface area (Å²) in [6.07, 6.45) is 7.71. The molecule has 1 fully saturated rings. The highest BCUT2D eigenvalue weighted by Gasteiger charge is 2.33. The zero-order chi connectivity index (χ0) is 14.2. The number of hydrogen-bond acceptors (Lipinski definition) is 2. The Morgan fingerprint density at radius 3 is 2.35 bits per heavy atom. The second-order valence-corrected chi connectivity index (χ2v) is 7.15. The van der Waals surface area contributed by atoms with Crippen LogP contribution < -0.4 is 4.90 Å². The van der Waals surface area contributed by atoms with Crippen molar-refractivity contribution in [1.82, 2.24) is 4.90 Å². The van der Waals surface area contributed by atoms with E-state index in [9.17, 15) is 0 Å². The summed E-state index contributed by atoms with van der Waals surface area (Å²) in [4.78, 5) is 4.80. The number of rotatable bonds is 2. The van der Waals surface area contributed by atoms with Gasteiger partial charge in [0.2, 0.25) is 0 Å². The van der Waals surface area contributed by atoms with E-state index in [0.717, 1.165) is 12.6 Å². The van der Waals surface area contributed by atoms with Gasteiger partial charge in [-0.3, -0.25) is 0 Å². The topological polar surface area (TPSA) is 6.48 Å². The summed E-state index contributed by atoms with van der Waals surface area (Å²) in [6.45, 7) is 5.81. The molecule has 0 spiro atoms. The van der Waals surface area contributed by atoms with Gasteiger partial charge in [-0.15, -0.1) is 0 Å². The van der Waals surface area contributed by atoms with Crippen LogP contribution in [0.2, 0.25) is 0 Å². The second-order valence-electron chi connectivity index (χ2n) is 7.15. The van der Waals surface area contributed by atoms with E-state index in [2.05, 4.69) is 67.2 Å². The number of benzene rings is 1. The smallest absolute Gasteiger partial charge is 0.0941 e. The third-order valence-electron chi connectivity index (χ3n) is 4.85. The Labute approximate surface area is 123 Å². The van der Waals surface area contributed by atoms with Crippen molar-refractivity contribution in [2.45, 2.75) is 39.5 Å². The molecule has 1 aliphatic heterocycles. The van der Waals surface area contributed by atoms with Crippen LogP contribution in [0.25, 0.3) is 0 Å². The number of nitrogens with zero attached hydrogens (tertiary/aromatic N) is 2. The van der Waals surface area contributed by atoms with Crippen LogP contribution in [0.15, 0.2) is 42.2 Å². The van der Waals surface area contributed by atoms with Gasteiger partial charge in [0.05, 0.1) is 6.67 Å². The average molecular weight is 270 g/mol. The van der Waals surface area contributed by atoms with Crippen molar-refractivity contribution < 1.29 is 0 Å². The molecule has 0 unspecified atom stereocenters. The van der Waals surface area contributed by atoms with Crippen molar-refractivity contribution in [3.8, 4) is 0 Å². The Kier molecular flexibility index (Phi) is 3.49. The van der Waals surface area contributed by atoms with Crippen molar-refractivity contribution >= 4 is 5.69 Å². The van der Waals surface area contributed by atoms with Crippen LogP contribution in [-0.2, 0) is 0 Å². The first-order valence-electron chi connectivity index (χ1n) is 7.80. The summed E-state index contributed by atoms with van der Waals surface area (Å²) in [5.74, 6) is 0.730. The monoisotopic (exact) mass is 270 g/mol. The lowest BCUT2D eigenvalue weighted by Gasteiger charge is -2.37. The lowest BCUT2D eigenvalue weighted by atomic mass is 9.72. The van der Waals surface area contributed by atoms with Crippen LogP contribution >= 0.6 is 0 Å². The van der Waals surface area contributed by atoms with E-state index in [0.29, 0.717) is 5.41 Å². The first kappa shape index (κ1) is 13.5. The van der Waals surface area contributed by atoms with E-state index >= 15 is 0 Å². The fraction of sp³-hybridized carbons (Fsp3) is 0.556. The Morgan fingerprint density at radius 1 is 1.05 bits per heavy atom. The largest absolute Gasteiger partial charge is 0.361 e. The molecule has 2 aliphatic rings. The van der Waals surface area contributed by atoms with Gasteiger partial charge in [-0.2, -0.15) is 0 Å². The maximum Gasteiger partial charge on any atom is 0.0941 e. The molecular formula is C18H26N2. The van der Waals surface area contributed by atoms with Crippen LogP contribution in [0.5, 0.6) is 0 Å². The first-order chi connectivity index (χ1) is 9.55. The average Bonchev–Trinajstić information content (AvgIpc) is 2.82. The molecule has 0 amide bonds. The van der Waals surface area contributed by atoms with E-state index < -0.39 is 0 Å². The van der Waals surface area contributed by atoms with Gasteiger partial charge in [0.25, 0.3) is 0 Å². The third kappa shape index (κ3) is 2.70. The summed E-state index contributed by atoms with van der Waals surface area (Å²) in [5, 5.41) is 0. The molecule has 0 bridgehead atoms. The maximum atomic E-state index is 2.49. The Hall–Kier alpha value is -1.44. The first-order valence-corrected chi connectivity index (χ1v) is 7.80. The zero-order valence-corrected chi connectivity index (χ0v) is 13.0. The lowest BCUT2D eigenvalue weighted by Crippen LogP contribution is -2.30. The van der Waals surface area contributed by atoms with Gasteiger partial charge in [0, 0.05) is 30.5 Å². The van der Waals surface area contributed by atoms with Crippen molar-refractivity contribution in [3.05, 3.63) is 42.2 Å². The van der Waals surface area contributed by atoms with E-state index in [4.69, 9.17) is 0 Å². The van der Waals surface area contributed by atoms with Crippen molar-refractivity contribution in [2.75, 3.05) is 18.6 Å². The van der Waals surface area contributed by atoms with Gasteiger partial charge >= 0.3 is 0 Å². The molecule has 0 atom stereocenters. The van der Waals surface area contributed by atoms with E-state index in [1.807, 2.05) is 0 Å². The molecule has 20 heavy (non-hydrogen) atoms. The van der Waals surface area contributed by atoms with Crippen LogP contribution in [0, 0.1) is 11.3 Å². The van der Waals surface area contributed by atoms with Crippen molar-refractivity contribution in [3.63, 3.8) is 0 Å². The van der Waals surface area contributed by atoms with Crippen LogP contribution in [-0.4, -0.2) is 18.6 Å². The van der Waals surface area contributed by atoms with E-state index in [1.54, 1.807) is 0 Å². The summed E-state index contributed by atoms with van der Waals surface area (Å²) in [7, 11) is 2.18. The van der Waals surface area contributed by atoms with E-state index in [1.165, 1.54) is 37.1 Å². The number of allylic oxidation sites excluding steroid dienone is 1. The van der Waals surface area contributed by atoms with E-state index in [-0.39, 0.29) is 0 Å². The zero-order valence-electron chi connectivity index (χ0n) is 13.0. The van der Waals surface area contributed by atoms with Gasteiger partial charge in [0.1, 0.15) is 0 Å². The van der Waals surface area contributed by atoms with Gasteiger partial charge < -0.3 is 9.80 Å². The van der Waals surface area contributed by atoms with Crippen molar-refractivity contribution in [2.24, 2.45) is 11.3 Å². The van der Waals surface area contributed by atoms with Gasteiger partial charge in [0.15, 0.2) is 0 Å². The highest BCUT2D eigenvalue weighted by Crippen LogP contribution is 2.43. The van der Waals surface area contributed by atoms with Gasteiger partial charge in [-0.25, -0.2) is 0 Å². The fourth-order valence-corrected chi connectivity index (χ4v) is 3.50. The Morgan fingerprint density at radius 2 is 1.70 bits per heavy atom. The SMILES string of the molecule is CN1C=C(C2CCC(C)(C)CC2)N(c2ccccc2)C1. The molecule has 1 aliphatic carbocycles. The molecule has 0 N–H and O–H groups in total. The maximum absolute atomic E-state index is 2.49. The minimum Gasteiger partial charge on any atom is -0.361 e. The highest BCUT2D eigenvalue weighted by molar-refractivity contribution is 5.53. The number of anilines is 1. The molecular weight excluding hydrogens is 244 g/mol. The molecule has 3 rings (SSSR count). The predicted molar refractivity (Wildman–Crippen MR) is 85.4 cm³/mol. The fourth-order valence-electron chi connectivity index (χ4n) is 3.50. The minimum atomic E-state index is 0.541. The Balaban J connectivity index is 1.79. The molecule has 2 heteroatoms. The quantitative estimate of drug-likeness (QED) is 0.783. The molecule has 0 aromatic heterocycles. The highest BCUT2D eigenvalue weighted by atomic mass is 15.3. The van der Waals surface area contributed by atoms with Crippen LogP contribution in [0.3, 0.4) is 0 Å². The number of para-hydroxylation sites is 1. The normalized spacial score (nSPS) is 23.1. The molecule has 108 valence electrons. The van der Waals surface area contributed by atoms with Gasteiger partial charge in [-0.05, 0) is 43.2 Å². The third-order valence-corrected chi connectivity index (χ3v) is 4.85. The molecule has 1 heterocycles. The molecule has 0 radical (unpaired) electrons. The Bertz CT molecular complexity index is 479. The lowest BCUT2D eigenvalue weighted by molar-refractivity contribution is 0.207. The van der Waals surface area contributed by atoms with Gasteiger partial charge in [-0.1, -0.05) is 32.0 Å². The second kappa shape index (κ2) is 5.16. The minimum absolute atomic E-state index is 0.541. The number of hydrogen-bond donors (Lipinski definition) is 0. The summed E-state index contributed by atoms with van der Waals surface area (Å²) < 4.78 is 0. The standard InChI is InChI=1S/C18H26N2/c1-18(2)11-9-15(10-12-18)17-13-19(3)14-20(17)16-7-5-4-6-8-16/h4-8,13,15H,9-12,14H2,1-3H3. The molecule has 1 aromatic rings. The predicted octanol–water partition coefficient (Wildman–Crippen LogP) is 4.45. The molecule has 0 saturated heterocycles. The summed E-state index contributed by atoms with van der Waals surface area (Å²) in [5.41, 5.74) is 3.39.